The third-order valence-corrected chi connectivity index (χ3v) is 1.53. The largest absolute Gasteiger partial charge is 0.298 e. The summed E-state index contributed by atoms with van der Waals surface area (Å²) in [5.74, 6) is 0. The van der Waals surface area contributed by atoms with Crippen LogP contribution in [0.4, 0.5) is 5.69 Å². The van der Waals surface area contributed by atoms with Crippen molar-refractivity contribution >= 4 is 15.6 Å². The molecule has 0 radical (unpaired) electrons. The maximum absolute atomic E-state index is 2.16. The Balaban J connectivity index is 0.000001000. The fourth-order valence-electron chi connectivity index (χ4n) is 0.875. The van der Waals surface area contributed by atoms with E-state index >= 15 is 0 Å². The van der Waals surface area contributed by atoms with Gasteiger partial charge >= 0.3 is 0 Å². The van der Waals surface area contributed by atoms with Gasteiger partial charge in [0, 0.05) is 0 Å². The summed E-state index contributed by atoms with van der Waals surface area (Å²) in [5.41, 5.74) is 1.34. The van der Waals surface area contributed by atoms with Crippen molar-refractivity contribution in [1.82, 2.24) is 4.48 Å². The molecule has 0 aliphatic carbocycles. The van der Waals surface area contributed by atoms with Gasteiger partial charge in [-0.15, -0.1) is 0 Å². The van der Waals surface area contributed by atoms with E-state index in [0.717, 1.165) is 4.48 Å². The monoisotopic (exact) mass is 170 g/mol. The molecular formula is C9H17NP+. The van der Waals surface area contributed by atoms with Gasteiger partial charge in [0.15, 0.2) is 0 Å². The van der Waals surface area contributed by atoms with Crippen LogP contribution in [0, 0.1) is 0 Å². The maximum Gasteiger partial charge on any atom is 0.132 e. The fourth-order valence-corrected chi connectivity index (χ4v) is 0.875. The average Bonchev–Trinajstić information content (AvgIpc) is 1.88. The molecule has 1 aromatic rings. The van der Waals surface area contributed by atoms with Crippen molar-refractivity contribution in [3.8, 4) is 0 Å². The third kappa shape index (κ3) is 3.00. The molecule has 11 heavy (non-hydrogen) atoms. The number of hydrogen-bond donors (Lipinski definition) is 0. The van der Waals surface area contributed by atoms with E-state index in [1.165, 1.54) is 5.69 Å². The van der Waals surface area contributed by atoms with Crippen molar-refractivity contribution in [2.75, 3.05) is 21.1 Å². The molecule has 1 rings (SSSR count). The molecular weight excluding hydrogens is 153 g/mol. The zero-order valence-electron chi connectivity index (χ0n) is 7.54. The van der Waals surface area contributed by atoms with Gasteiger partial charge in [0.1, 0.15) is 5.69 Å². The topological polar surface area (TPSA) is 0 Å². The van der Waals surface area contributed by atoms with Gasteiger partial charge in [-0.2, -0.15) is 9.90 Å². The summed E-state index contributed by atoms with van der Waals surface area (Å²) in [5, 5.41) is 0. The summed E-state index contributed by atoms with van der Waals surface area (Å²) in [7, 11) is 6.49. The smallest absolute Gasteiger partial charge is 0.132 e. The minimum Gasteiger partial charge on any atom is -0.298 e. The van der Waals surface area contributed by atoms with Crippen LogP contribution in [0.1, 0.15) is 0 Å². The molecule has 0 aliphatic rings. The van der Waals surface area contributed by atoms with E-state index in [9.17, 15) is 0 Å². The predicted molar refractivity (Wildman–Crippen MR) is 57.1 cm³/mol. The lowest BCUT2D eigenvalue weighted by atomic mass is 10.3. The molecule has 0 N–H and O–H groups in total. The molecule has 1 nitrogen and oxygen atoms in total. The molecule has 0 heterocycles. The van der Waals surface area contributed by atoms with Gasteiger partial charge in [-0.25, -0.2) is 0 Å². The van der Waals surface area contributed by atoms with Crippen LogP contribution in [0.15, 0.2) is 30.3 Å². The van der Waals surface area contributed by atoms with Gasteiger partial charge < -0.3 is 0 Å². The number of para-hydroxylation sites is 1. The van der Waals surface area contributed by atoms with Crippen molar-refractivity contribution in [3.05, 3.63) is 30.3 Å². The van der Waals surface area contributed by atoms with Crippen LogP contribution in [0.5, 0.6) is 0 Å². The minimum absolute atomic E-state index is 0. The van der Waals surface area contributed by atoms with Crippen LogP contribution in [-0.4, -0.2) is 21.1 Å². The lowest BCUT2D eigenvalue weighted by molar-refractivity contribution is 0.486. The van der Waals surface area contributed by atoms with E-state index in [0.29, 0.717) is 0 Å². The molecule has 2 heteroatoms. The van der Waals surface area contributed by atoms with Gasteiger partial charge in [0.2, 0.25) is 0 Å². The van der Waals surface area contributed by atoms with Crippen LogP contribution in [-0.2, 0) is 0 Å². The second-order valence-electron chi connectivity index (χ2n) is 3.35. The van der Waals surface area contributed by atoms with Crippen LogP contribution in [0.25, 0.3) is 0 Å². The number of hydrogen-bond acceptors (Lipinski definition) is 0. The first-order valence-electron chi connectivity index (χ1n) is 3.48. The van der Waals surface area contributed by atoms with E-state index in [-0.39, 0.29) is 9.90 Å². The molecule has 0 saturated heterocycles. The predicted octanol–water partition coefficient (Wildman–Crippen LogP) is 1.94. The van der Waals surface area contributed by atoms with E-state index in [1.807, 2.05) is 6.07 Å². The first kappa shape index (κ1) is 10.6. The van der Waals surface area contributed by atoms with E-state index in [4.69, 9.17) is 0 Å². The van der Waals surface area contributed by atoms with Crippen molar-refractivity contribution in [3.63, 3.8) is 0 Å². The summed E-state index contributed by atoms with van der Waals surface area (Å²) in [6.45, 7) is 0. The van der Waals surface area contributed by atoms with Gasteiger partial charge in [-0.05, 0) is 12.1 Å². The Hall–Kier alpha value is -0.390. The first-order chi connectivity index (χ1) is 4.61. The van der Waals surface area contributed by atoms with Crippen LogP contribution in [0.2, 0.25) is 0 Å². The highest BCUT2D eigenvalue weighted by atomic mass is 31.0. The number of quaternary nitrogens is 1. The van der Waals surface area contributed by atoms with Crippen LogP contribution in [0.3, 0.4) is 0 Å². The highest BCUT2D eigenvalue weighted by Gasteiger charge is 2.08. The SMILES string of the molecule is C[N+](C)(C)c1ccccc1.P. The quantitative estimate of drug-likeness (QED) is 0.446. The standard InChI is InChI=1S/C9H14N.H3P/c1-10(2,3)9-7-5-4-6-8-9;/h4-8H,1-3H3;1H3/q+1;. The maximum atomic E-state index is 2.16. The van der Waals surface area contributed by atoms with E-state index in [1.54, 1.807) is 0 Å². The molecule has 0 amide bonds. The summed E-state index contributed by atoms with van der Waals surface area (Å²) in [6, 6.07) is 10.5. The Morgan fingerprint density at radius 3 is 1.64 bits per heavy atom. The molecule has 0 aliphatic heterocycles. The normalized spacial score (nSPS) is 10.5. The molecule has 0 aromatic heterocycles. The summed E-state index contributed by atoms with van der Waals surface area (Å²) >= 11 is 0. The Bertz CT molecular complexity index is 201. The van der Waals surface area contributed by atoms with Crippen molar-refractivity contribution in [2.45, 2.75) is 0 Å². The molecule has 0 fully saturated rings. The van der Waals surface area contributed by atoms with Crippen molar-refractivity contribution < 1.29 is 0 Å². The van der Waals surface area contributed by atoms with Gasteiger partial charge in [-0.3, -0.25) is 4.48 Å². The van der Waals surface area contributed by atoms with Gasteiger partial charge in [0.25, 0.3) is 0 Å². The zero-order chi connectivity index (χ0) is 7.61. The van der Waals surface area contributed by atoms with E-state index in [2.05, 4.69) is 45.4 Å². The lowest BCUT2D eigenvalue weighted by Gasteiger charge is -2.22. The number of nitrogens with zero attached hydrogens (tertiary/aromatic N) is 1. The van der Waals surface area contributed by atoms with Crippen molar-refractivity contribution in [2.24, 2.45) is 0 Å². The number of benzene rings is 1. The summed E-state index contributed by atoms with van der Waals surface area (Å²) < 4.78 is 0.890. The molecule has 62 valence electrons. The third-order valence-electron chi connectivity index (χ3n) is 1.53. The van der Waals surface area contributed by atoms with Gasteiger partial charge in [0.05, 0.1) is 21.1 Å². The van der Waals surface area contributed by atoms with Crippen LogP contribution < -0.4 is 4.48 Å². The number of rotatable bonds is 1. The molecule has 1 unspecified atom stereocenters. The molecule has 0 saturated carbocycles. The summed E-state index contributed by atoms with van der Waals surface area (Å²) in [4.78, 5) is 0. The molecule has 1 atom stereocenters. The Labute approximate surface area is 72.2 Å². The second kappa shape index (κ2) is 3.85. The highest BCUT2D eigenvalue weighted by Crippen LogP contribution is 2.14. The Kier molecular flexibility index (Phi) is 3.71. The van der Waals surface area contributed by atoms with Crippen LogP contribution >= 0.6 is 9.90 Å². The summed E-state index contributed by atoms with van der Waals surface area (Å²) in [6.07, 6.45) is 0. The van der Waals surface area contributed by atoms with Gasteiger partial charge in [-0.1, -0.05) is 18.2 Å². The second-order valence-corrected chi connectivity index (χ2v) is 3.35. The zero-order valence-corrected chi connectivity index (χ0v) is 8.96. The highest BCUT2D eigenvalue weighted by molar-refractivity contribution is 6.92. The Morgan fingerprint density at radius 2 is 1.36 bits per heavy atom. The average molecular weight is 170 g/mol. The molecule has 0 bridgehead atoms. The fraction of sp³-hybridized carbons (Fsp3) is 0.333. The minimum atomic E-state index is 0. The Morgan fingerprint density at radius 1 is 0.909 bits per heavy atom. The molecule has 0 spiro atoms. The lowest BCUT2D eigenvalue weighted by Crippen LogP contribution is -2.34. The first-order valence-corrected chi connectivity index (χ1v) is 3.48. The van der Waals surface area contributed by atoms with Crippen molar-refractivity contribution in [1.29, 1.82) is 0 Å². The van der Waals surface area contributed by atoms with E-state index < -0.39 is 0 Å². The molecule has 1 aromatic carbocycles.